The van der Waals surface area contributed by atoms with Crippen molar-refractivity contribution in [1.82, 2.24) is 14.9 Å². The number of carbonyl (C=O) groups excluding carboxylic acids is 3. The number of rotatable bonds is 6. The van der Waals surface area contributed by atoms with Gasteiger partial charge in [0.05, 0.1) is 17.7 Å². The molecule has 0 bridgehead atoms. The van der Waals surface area contributed by atoms with E-state index in [1.807, 2.05) is 0 Å². The Bertz CT molecular complexity index is 1120. The zero-order valence-corrected chi connectivity index (χ0v) is 16.9. The highest BCUT2D eigenvalue weighted by Crippen LogP contribution is 2.24. The van der Waals surface area contributed by atoms with Crippen molar-refractivity contribution in [3.63, 3.8) is 0 Å². The molecule has 0 saturated heterocycles. The fraction of sp³-hybridized carbons (Fsp3) is 0.100. The number of anilines is 1. The number of nitrogens with two attached hydrogens (primary N) is 1. The summed E-state index contributed by atoms with van der Waals surface area (Å²) in [7, 11) is 2.94. The van der Waals surface area contributed by atoms with Gasteiger partial charge in [-0.2, -0.15) is 0 Å². The molecule has 154 valence electrons. The first-order valence-electron chi connectivity index (χ1n) is 8.70. The van der Waals surface area contributed by atoms with Crippen molar-refractivity contribution in [3.8, 4) is 11.4 Å². The lowest BCUT2D eigenvalue weighted by Crippen LogP contribution is -2.25. The molecule has 0 unspecified atom stereocenters. The summed E-state index contributed by atoms with van der Waals surface area (Å²) in [5.74, 6) is -1.17. The first-order chi connectivity index (χ1) is 14.3. The molecule has 0 aliphatic heterocycles. The maximum absolute atomic E-state index is 12.5. The van der Waals surface area contributed by atoms with Gasteiger partial charge in [0.2, 0.25) is 0 Å². The van der Waals surface area contributed by atoms with E-state index in [2.05, 4.69) is 15.6 Å². The number of aromatic nitrogens is 2. The average molecular weight is 428 g/mol. The number of hydrogen-bond donors (Lipinski definition) is 3. The highest BCUT2D eigenvalue weighted by molar-refractivity contribution is 6.34. The number of carbonyl (C=O) groups is 3. The SMILES string of the molecule is CNC(=O)c1ncn(-c2ccc(NC(=O)c3ccc(OC)cc3Cl)cc2)c1C(N)=O. The number of halogens is 1. The van der Waals surface area contributed by atoms with E-state index in [9.17, 15) is 14.4 Å². The van der Waals surface area contributed by atoms with E-state index >= 15 is 0 Å². The van der Waals surface area contributed by atoms with Crippen LogP contribution in [0.1, 0.15) is 31.3 Å². The Morgan fingerprint density at radius 1 is 1.10 bits per heavy atom. The van der Waals surface area contributed by atoms with Crippen molar-refractivity contribution in [1.29, 1.82) is 0 Å². The zero-order chi connectivity index (χ0) is 21.8. The number of nitrogens with one attached hydrogen (secondary N) is 2. The van der Waals surface area contributed by atoms with E-state index in [1.165, 1.54) is 25.1 Å². The van der Waals surface area contributed by atoms with E-state index in [-0.39, 0.29) is 16.4 Å². The summed E-state index contributed by atoms with van der Waals surface area (Å²) in [5.41, 5.74) is 6.64. The van der Waals surface area contributed by atoms with Crippen LogP contribution in [0, 0.1) is 0 Å². The van der Waals surface area contributed by atoms with Crippen LogP contribution in [0.2, 0.25) is 5.02 Å². The van der Waals surface area contributed by atoms with E-state index in [0.29, 0.717) is 22.7 Å². The van der Waals surface area contributed by atoms with Gasteiger partial charge in [-0.15, -0.1) is 0 Å². The van der Waals surface area contributed by atoms with Crippen LogP contribution in [0.25, 0.3) is 5.69 Å². The number of hydrogen-bond acceptors (Lipinski definition) is 5. The second-order valence-corrected chi connectivity index (χ2v) is 6.51. The molecule has 0 aliphatic rings. The van der Waals surface area contributed by atoms with Crippen LogP contribution in [0.15, 0.2) is 48.8 Å². The van der Waals surface area contributed by atoms with Crippen molar-refractivity contribution in [2.75, 3.05) is 19.5 Å². The van der Waals surface area contributed by atoms with Crippen molar-refractivity contribution >= 4 is 35.0 Å². The van der Waals surface area contributed by atoms with Crippen LogP contribution in [0.3, 0.4) is 0 Å². The molecule has 0 atom stereocenters. The average Bonchev–Trinajstić information content (AvgIpc) is 3.19. The van der Waals surface area contributed by atoms with Crippen LogP contribution >= 0.6 is 11.6 Å². The molecule has 30 heavy (non-hydrogen) atoms. The van der Waals surface area contributed by atoms with Gasteiger partial charge in [-0.25, -0.2) is 4.98 Å². The lowest BCUT2D eigenvalue weighted by molar-refractivity contribution is 0.0937. The highest BCUT2D eigenvalue weighted by Gasteiger charge is 2.22. The van der Waals surface area contributed by atoms with Gasteiger partial charge >= 0.3 is 0 Å². The molecule has 0 aliphatic carbocycles. The monoisotopic (exact) mass is 427 g/mol. The van der Waals surface area contributed by atoms with Gasteiger partial charge in [0, 0.05) is 18.4 Å². The maximum atomic E-state index is 12.5. The van der Waals surface area contributed by atoms with Crippen LogP contribution in [0.5, 0.6) is 5.75 Å². The van der Waals surface area contributed by atoms with Crippen molar-refractivity contribution in [2.24, 2.45) is 5.73 Å². The Morgan fingerprint density at radius 2 is 1.80 bits per heavy atom. The molecule has 0 radical (unpaired) electrons. The predicted molar refractivity (Wildman–Crippen MR) is 111 cm³/mol. The Kier molecular flexibility index (Phi) is 6.03. The number of primary amides is 1. The first-order valence-corrected chi connectivity index (χ1v) is 9.08. The van der Waals surface area contributed by atoms with E-state index in [4.69, 9.17) is 22.1 Å². The van der Waals surface area contributed by atoms with Gasteiger partial charge in [-0.05, 0) is 42.5 Å². The molecule has 3 aromatic rings. The molecule has 0 spiro atoms. The number of benzene rings is 2. The molecule has 3 amide bonds. The van der Waals surface area contributed by atoms with Crippen molar-refractivity contribution < 1.29 is 19.1 Å². The van der Waals surface area contributed by atoms with Crippen LogP contribution in [0.4, 0.5) is 5.69 Å². The van der Waals surface area contributed by atoms with Crippen molar-refractivity contribution in [2.45, 2.75) is 0 Å². The Morgan fingerprint density at radius 3 is 2.37 bits per heavy atom. The lowest BCUT2D eigenvalue weighted by atomic mass is 10.2. The number of ether oxygens (including phenoxy) is 1. The topological polar surface area (TPSA) is 128 Å². The maximum Gasteiger partial charge on any atom is 0.272 e. The Balaban J connectivity index is 1.84. The second kappa shape index (κ2) is 8.66. The van der Waals surface area contributed by atoms with Gasteiger partial charge in [0.25, 0.3) is 17.7 Å². The fourth-order valence-electron chi connectivity index (χ4n) is 2.77. The third kappa shape index (κ3) is 4.11. The molecule has 1 heterocycles. The van der Waals surface area contributed by atoms with Gasteiger partial charge in [0.15, 0.2) is 5.69 Å². The molecule has 4 N–H and O–H groups in total. The minimum Gasteiger partial charge on any atom is -0.497 e. The quantitative estimate of drug-likeness (QED) is 0.555. The van der Waals surface area contributed by atoms with Crippen LogP contribution < -0.4 is 21.1 Å². The zero-order valence-electron chi connectivity index (χ0n) is 16.1. The molecular weight excluding hydrogens is 410 g/mol. The second-order valence-electron chi connectivity index (χ2n) is 6.10. The summed E-state index contributed by atoms with van der Waals surface area (Å²) in [6.45, 7) is 0. The van der Waals surface area contributed by atoms with Gasteiger partial charge in [0.1, 0.15) is 17.8 Å². The third-order valence-corrected chi connectivity index (χ3v) is 4.58. The predicted octanol–water partition coefficient (Wildman–Crippen LogP) is 2.25. The van der Waals surface area contributed by atoms with E-state index < -0.39 is 17.7 Å². The summed E-state index contributed by atoms with van der Waals surface area (Å²) in [4.78, 5) is 40.2. The summed E-state index contributed by atoms with van der Waals surface area (Å²) < 4.78 is 6.47. The fourth-order valence-corrected chi connectivity index (χ4v) is 3.03. The van der Waals surface area contributed by atoms with Crippen LogP contribution in [-0.4, -0.2) is 41.4 Å². The number of methoxy groups -OCH3 is 1. The Labute approximate surface area is 176 Å². The minimum absolute atomic E-state index is 0.0452. The first kappa shape index (κ1) is 20.9. The summed E-state index contributed by atoms with van der Waals surface area (Å²) in [6, 6.07) is 11.3. The molecule has 2 aromatic carbocycles. The molecular formula is C20H18ClN5O4. The summed E-state index contributed by atoms with van der Waals surface area (Å²) >= 11 is 6.13. The number of imidazole rings is 1. The lowest BCUT2D eigenvalue weighted by Gasteiger charge is -2.10. The summed E-state index contributed by atoms with van der Waals surface area (Å²) in [5, 5.41) is 5.41. The molecule has 0 saturated carbocycles. The largest absolute Gasteiger partial charge is 0.497 e. The van der Waals surface area contributed by atoms with Gasteiger partial charge < -0.3 is 21.1 Å². The van der Waals surface area contributed by atoms with Crippen LogP contribution in [-0.2, 0) is 0 Å². The molecule has 1 aromatic heterocycles. The Hall–Kier alpha value is -3.85. The highest BCUT2D eigenvalue weighted by atomic mass is 35.5. The van der Waals surface area contributed by atoms with E-state index in [0.717, 1.165) is 0 Å². The molecule has 0 fully saturated rings. The molecule has 10 heteroatoms. The normalized spacial score (nSPS) is 10.4. The smallest absolute Gasteiger partial charge is 0.272 e. The standard InChI is InChI=1S/C20H18ClN5O4/c1-23-20(29)16-17(18(22)27)26(10-24-16)12-5-3-11(4-6-12)25-19(28)14-8-7-13(30-2)9-15(14)21/h3-10H,1-2H3,(H2,22,27)(H,23,29)(H,25,28). The van der Waals surface area contributed by atoms with Gasteiger partial charge in [-0.1, -0.05) is 11.6 Å². The van der Waals surface area contributed by atoms with Crippen molar-refractivity contribution in [3.05, 3.63) is 70.8 Å². The minimum atomic E-state index is -0.794. The molecule has 3 rings (SSSR count). The molecule has 9 nitrogen and oxygen atoms in total. The summed E-state index contributed by atoms with van der Waals surface area (Å²) in [6.07, 6.45) is 1.33. The third-order valence-electron chi connectivity index (χ3n) is 4.27. The van der Waals surface area contributed by atoms with Gasteiger partial charge in [-0.3, -0.25) is 19.0 Å². The number of nitrogens with zero attached hydrogens (tertiary/aromatic N) is 2. The number of amides is 3. The van der Waals surface area contributed by atoms with E-state index in [1.54, 1.807) is 42.5 Å².